The van der Waals surface area contributed by atoms with Crippen LogP contribution >= 0.6 is 15.9 Å². The molecule has 116 valence electrons. The maximum Gasteiger partial charge on any atom is 0.267 e. The molecule has 1 atom stereocenters. The predicted octanol–water partition coefficient (Wildman–Crippen LogP) is 3.73. The van der Waals surface area contributed by atoms with Crippen molar-refractivity contribution in [2.45, 2.75) is 32.7 Å². The SMILES string of the molecule is CC(=O)c1c[nH]c(C(=O)NC(C)CCc2ccc(Br)cc2)c1. The predicted molar refractivity (Wildman–Crippen MR) is 90.2 cm³/mol. The van der Waals surface area contributed by atoms with E-state index in [1.54, 1.807) is 12.3 Å². The highest BCUT2D eigenvalue weighted by atomic mass is 79.9. The van der Waals surface area contributed by atoms with Crippen molar-refractivity contribution in [3.8, 4) is 0 Å². The zero-order valence-electron chi connectivity index (χ0n) is 12.7. The lowest BCUT2D eigenvalue weighted by Crippen LogP contribution is -2.33. The Morgan fingerprint density at radius 2 is 1.95 bits per heavy atom. The van der Waals surface area contributed by atoms with Crippen LogP contribution in [0.15, 0.2) is 41.0 Å². The Morgan fingerprint density at radius 3 is 2.55 bits per heavy atom. The number of amides is 1. The Hall–Kier alpha value is -1.88. The first-order valence-corrected chi connectivity index (χ1v) is 7.99. The summed E-state index contributed by atoms with van der Waals surface area (Å²) in [6, 6.07) is 9.81. The largest absolute Gasteiger partial charge is 0.356 e. The zero-order valence-corrected chi connectivity index (χ0v) is 14.2. The fourth-order valence-corrected chi connectivity index (χ4v) is 2.40. The normalized spacial score (nSPS) is 12.0. The summed E-state index contributed by atoms with van der Waals surface area (Å²) in [6.45, 7) is 3.46. The number of halogens is 1. The van der Waals surface area contributed by atoms with Gasteiger partial charge < -0.3 is 10.3 Å². The van der Waals surface area contributed by atoms with E-state index in [2.05, 4.69) is 38.4 Å². The quantitative estimate of drug-likeness (QED) is 0.769. The second-order valence-electron chi connectivity index (χ2n) is 5.40. The molecular formula is C17H19BrN2O2. The number of aromatic amines is 1. The van der Waals surface area contributed by atoms with Gasteiger partial charge in [0.1, 0.15) is 5.69 Å². The van der Waals surface area contributed by atoms with Crippen LogP contribution in [-0.2, 0) is 6.42 Å². The zero-order chi connectivity index (χ0) is 16.1. The summed E-state index contributed by atoms with van der Waals surface area (Å²) in [4.78, 5) is 26.2. The van der Waals surface area contributed by atoms with Gasteiger partial charge in [-0.05, 0) is 50.5 Å². The Kier molecular flexibility index (Phi) is 5.55. The standard InChI is InChI=1S/C17H19BrN2O2/c1-11(3-4-13-5-7-15(18)8-6-13)20-17(22)16-9-14(10-19-16)12(2)21/h5-11,19H,3-4H2,1-2H3,(H,20,22). The van der Waals surface area contributed by atoms with E-state index in [0.29, 0.717) is 11.3 Å². The van der Waals surface area contributed by atoms with Crippen LogP contribution in [0.4, 0.5) is 0 Å². The van der Waals surface area contributed by atoms with Crippen LogP contribution < -0.4 is 5.32 Å². The Labute approximate surface area is 138 Å². The minimum Gasteiger partial charge on any atom is -0.356 e. The third-order valence-electron chi connectivity index (χ3n) is 3.49. The second-order valence-corrected chi connectivity index (χ2v) is 6.31. The van der Waals surface area contributed by atoms with Gasteiger partial charge in [-0.3, -0.25) is 9.59 Å². The van der Waals surface area contributed by atoms with Crippen molar-refractivity contribution < 1.29 is 9.59 Å². The minimum absolute atomic E-state index is 0.0558. The molecule has 2 aromatic rings. The molecule has 4 nitrogen and oxygen atoms in total. The third kappa shape index (κ3) is 4.56. The maximum atomic E-state index is 12.1. The summed E-state index contributed by atoms with van der Waals surface area (Å²) in [5.41, 5.74) is 2.18. The fourth-order valence-electron chi connectivity index (χ4n) is 2.14. The lowest BCUT2D eigenvalue weighted by Gasteiger charge is -2.13. The molecule has 1 heterocycles. The first kappa shape index (κ1) is 16.5. The molecule has 0 bridgehead atoms. The first-order chi connectivity index (χ1) is 10.5. The number of hydrogen-bond donors (Lipinski definition) is 2. The Balaban J connectivity index is 1.85. The lowest BCUT2D eigenvalue weighted by molar-refractivity contribution is 0.0934. The molecule has 0 aliphatic carbocycles. The van der Waals surface area contributed by atoms with Gasteiger partial charge in [-0.25, -0.2) is 0 Å². The van der Waals surface area contributed by atoms with Crippen LogP contribution in [0.3, 0.4) is 0 Å². The summed E-state index contributed by atoms with van der Waals surface area (Å²) >= 11 is 3.41. The van der Waals surface area contributed by atoms with E-state index < -0.39 is 0 Å². The average molecular weight is 363 g/mol. The number of carbonyl (C=O) groups excluding carboxylic acids is 2. The van der Waals surface area contributed by atoms with Crippen molar-refractivity contribution >= 4 is 27.6 Å². The lowest BCUT2D eigenvalue weighted by atomic mass is 10.1. The van der Waals surface area contributed by atoms with Gasteiger partial charge in [-0.1, -0.05) is 28.1 Å². The van der Waals surface area contributed by atoms with E-state index in [1.807, 2.05) is 19.1 Å². The Bertz CT molecular complexity index is 662. The van der Waals surface area contributed by atoms with Crippen LogP contribution in [0, 0.1) is 0 Å². The summed E-state index contributed by atoms with van der Waals surface area (Å²) in [7, 11) is 0. The molecule has 0 radical (unpaired) electrons. The van der Waals surface area contributed by atoms with Crippen molar-refractivity contribution in [3.63, 3.8) is 0 Å². The molecule has 0 saturated heterocycles. The van der Waals surface area contributed by atoms with E-state index in [0.717, 1.165) is 17.3 Å². The summed E-state index contributed by atoms with van der Waals surface area (Å²) < 4.78 is 1.06. The van der Waals surface area contributed by atoms with Crippen molar-refractivity contribution in [1.29, 1.82) is 0 Å². The smallest absolute Gasteiger partial charge is 0.267 e. The number of H-pyrrole nitrogens is 1. The van der Waals surface area contributed by atoms with Crippen molar-refractivity contribution in [3.05, 3.63) is 57.8 Å². The molecule has 22 heavy (non-hydrogen) atoms. The molecule has 0 fully saturated rings. The van der Waals surface area contributed by atoms with Gasteiger partial charge in [0.15, 0.2) is 5.78 Å². The molecule has 0 aliphatic heterocycles. The van der Waals surface area contributed by atoms with Gasteiger partial charge in [-0.15, -0.1) is 0 Å². The number of hydrogen-bond acceptors (Lipinski definition) is 2. The van der Waals surface area contributed by atoms with Gasteiger partial charge in [-0.2, -0.15) is 0 Å². The number of carbonyl (C=O) groups is 2. The molecule has 1 aromatic heterocycles. The fraction of sp³-hybridized carbons (Fsp3) is 0.294. The molecule has 2 N–H and O–H groups in total. The highest BCUT2D eigenvalue weighted by Gasteiger charge is 2.13. The van der Waals surface area contributed by atoms with E-state index in [9.17, 15) is 9.59 Å². The number of rotatable bonds is 6. The molecule has 2 rings (SSSR count). The number of nitrogens with one attached hydrogen (secondary N) is 2. The molecule has 5 heteroatoms. The third-order valence-corrected chi connectivity index (χ3v) is 4.02. The van der Waals surface area contributed by atoms with E-state index >= 15 is 0 Å². The number of aromatic nitrogens is 1. The van der Waals surface area contributed by atoms with Crippen LogP contribution in [-0.4, -0.2) is 22.7 Å². The average Bonchev–Trinajstić information content (AvgIpc) is 2.97. The topological polar surface area (TPSA) is 62.0 Å². The monoisotopic (exact) mass is 362 g/mol. The number of benzene rings is 1. The highest BCUT2D eigenvalue weighted by molar-refractivity contribution is 9.10. The van der Waals surface area contributed by atoms with E-state index in [4.69, 9.17) is 0 Å². The van der Waals surface area contributed by atoms with Crippen molar-refractivity contribution in [2.24, 2.45) is 0 Å². The van der Waals surface area contributed by atoms with Crippen LogP contribution in [0.2, 0.25) is 0 Å². The van der Waals surface area contributed by atoms with Crippen molar-refractivity contribution in [1.82, 2.24) is 10.3 Å². The number of Topliss-reactive ketones (excluding diaryl/α,β-unsaturated/α-hetero) is 1. The van der Waals surface area contributed by atoms with E-state index in [-0.39, 0.29) is 17.7 Å². The summed E-state index contributed by atoms with van der Waals surface area (Å²) in [5, 5.41) is 2.94. The number of aryl methyl sites for hydroxylation is 1. The molecule has 1 unspecified atom stereocenters. The van der Waals surface area contributed by atoms with E-state index in [1.165, 1.54) is 12.5 Å². The Morgan fingerprint density at radius 1 is 1.27 bits per heavy atom. The van der Waals surface area contributed by atoms with Gasteiger partial charge >= 0.3 is 0 Å². The molecule has 0 aliphatic rings. The first-order valence-electron chi connectivity index (χ1n) is 7.20. The van der Waals surface area contributed by atoms with Crippen LogP contribution in [0.5, 0.6) is 0 Å². The molecule has 0 spiro atoms. The van der Waals surface area contributed by atoms with Gasteiger partial charge in [0, 0.05) is 22.3 Å². The highest BCUT2D eigenvalue weighted by Crippen LogP contribution is 2.12. The van der Waals surface area contributed by atoms with Crippen LogP contribution in [0.1, 0.15) is 46.7 Å². The molecule has 1 amide bonds. The van der Waals surface area contributed by atoms with Gasteiger partial charge in [0.05, 0.1) is 0 Å². The van der Waals surface area contributed by atoms with Gasteiger partial charge in [0.25, 0.3) is 5.91 Å². The number of ketones is 1. The summed E-state index contributed by atoms with van der Waals surface area (Å²) in [5.74, 6) is -0.241. The van der Waals surface area contributed by atoms with Gasteiger partial charge in [0.2, 0.25) is 0 Å². The second kappa shape index (κ2) is 7.40. The molecule has 1 aromatic carbocycles. The van der Waals surface area contributed by atoms with Crippen LogP contribution in [0.25, 0.3) is 0 Å². The summed E-state index contributed by atoms with van der Waals surface area (Å²) in [6.07, 6.45) is 3.32. The molecule has 0 saturated carbocycles. The minimum atomic E-state index is -0.184. The van der Waals surface area contributed by atoms with Crippen molar-refractivity contribution in [2.75, 3.05) is 0 Å². The molecular weight excluding hydrogens is 344 g/mol. The maximum absolute atomic E-state index is 12.1.